The van der Waals surface area contributed by atoms with E-state index < -0.39 is 5.63 Å². The molecule has 0 bridgehead atoms. The Hall–Kier alpha value is -0.970. The lowest BCUT2D eigenvalue weighted by Crippen LogP contribution is -2.01. The van der Waals surface area contributed by atoms with Crippen molar-refractivity contribution in [1.82, 2.24) is 0 Å². The molecule has 0 spiro atoms. The smallest absolute Gasteiger partial charge is 0.173 e. The number of aliphatic hydroxyl groups excluding tert-OH is 2. The average Bonchev–Trinajstić information content (AvgIpc) is 2.37. The first kappa shape index (κ1) is 16.0. The number of ketones is 1. The molecule has 1 atom stereocenters. The molecule has 0 amide bonds. The number of hydrogen-bond acceptors (Lipinski definition) is 3. The van der Waals surface area contributed by atoms with Gasteiger partial charge in [-0.15, -0.1) is 0 Å². The molecule has 1 unspecified atom stereocenters. The first-order valence-corrected chi connectivity index (χ1v) is 5.63. The van der Waals surface area contributed by atoms with Crippen molar-refractivity contribution in [3.8, 4) is 0 Å². The van der Waals surface area contributed by atoms with Crippen LogP contribution in [0.3, 0.4) is 0 Å². The zero-order valence-electron chi connectivity index (χ0n) is 9.35. The van der Waals surface area contributed by atoms with Gasteiger partial charge in [0, 0.05) is 12.0 Å². The van der Waals surface area contributed by atoms with Crippen molar-refractivity contribution in [3.05, 3.63) is 35.9 Å². The van der Waals surface area contributed by atoms with Crippen molar-refractivity contribution in [2.24, 2.45) is 0 Å². The lowest BCUT2D eigenvalue weighted by Gasteiger charge is -2.00. The second kappa shape index (κ2) is 10.2. The maximum absolute atomic E-state index is 12.2. The van der Waals surface area contributed by atoms with E-state index in [0.717, 1.165) is 0 Å². The molecular formula is C12H16ClFO3. The lowest BCUT2D eigenvalue weighted by atomic mass is 10.1. The van der Waals surface area contributed by atoms with E-state index in [2.05, 4.69) is 0 Å². The van der Waals surface area contributed by atoms with Crippen LogP contribution in [-0.2, 0) is 0 Å². The molecule has 2 N–H and O–H groups in total. The number of alkyl halides is 2. The van der Waals surface area contributed by atoms with Crippen LogP contribution >= 0.6 is 11.6 Å². The Morgan fingerprint density at radius 3 is 2.18 bits per heavy atom. The number of hydrogen-bond donors (Lipinski definition) is 2. The third-order valence-electron chi connectivity index (χ3n) is 1.79. The summed E-state index contributed by atoms with van der Waals surface area (Å²) in [6.45, 7) is -0.250. The molecule has 96 valence electrons. The molecule has 0 saturated carbocycles. The quantitative estimate of drug-likeness (QED) is 0.632. The summed E-state index contributed by atoms with van der Waals surface area (Å²) >= 11 is 5.09. The summed E-state index contributed by atoms with van der Waals surface area (Å²) < 4.78 is 12.2. The van der Waals surface area contributed by atoms with Gasteiger partial charge in [-0.3, -0.25) is 4.79 Å². The highest BCUT2D eigenvalue weighted by molar-refractivity contribution is 6.19. The number of Topliss-reactive ketones (excluding diaryl/α,β-unsaturated/α-hetero) is 1. The van der Waals surface area contributed by atoms with Gasteiger partial charge in [-0.1, -0.05) is 41.9 Å². The summed E-state index contributed by atoms with van der Waals surface area (Å²) in [5, 5.41) is 15.2. The van der Waals surface area contributed by atoms with E-state index >= 15 is 0 Å². The number of carbonyl (C=O) groups excluding carboxylic acids is 1. The van der Waals surface area contributed by atoms with Crippen LogP contribution in [0.2, 0.25) is 0 Å². The second-order valence-electron chi connectivity index (χ2n) is 3.17. The van der Waals surface area contributed by atoms with E-state index in [1.54, 1.807) is 24.3 Å². The largest absolute Gasteiger partial charge is 0.394 e. The third kappa shape index (κ3) is 8.80. The van der Waals surface area contributed by atoms with Crippen molar-refractivity contribution in [2.75, 3.05) is 13.2 Å². The summed E-state index contributed by atoms with van der Waals surface area (Å²) in [5.74, 6) is -0.0658. The summed E-state index contributed by atoms with van der Waals surface area (Å²) in [5.41, 5.74) is -0.813. The molecule has 0 radical (unpaired) electrons. The van der Waals surface area contributed by atoms with Gasteiger partial charge < -0.3 is 10.2 Å². The van der Waals surface area contributed by atoms with E-state index in [1.165, 1.54) is 0 Å². The van der Waals surface area contributed by atoms with E-state index in [9.17, 15) is 9.18 Å². The zero-order chi connectivity index (χ0) is 13.1. The van der Waals surface area contributed by atoms with E-state index in [-0.39, 0.29) is 31.8 Å². The predicted octanol–water partition coefficient (Wildman–Crippen LogP) is 2.15. The highest BCUT2D eigenvalue weighted by Gasteiger charge is 2.08. The minimum absolute atomic E-state index is 0.0658. The fourth-order valence-corrected chi connectivity index (χ4v) is 1.12. The van der Waals surface area contributed by atoms with Crippen LogP contribution in [0.25, 0.3) is 0 Å². The number of benzene rings is 1. The van der Waals surface area contributed by atoms with E-state index in [4.69, 9.17) is 21.8 Å². The Morgan fingerprint density at radius 2 is 1.76 bits per heavy atom. The summed E-state index contributed by atoms with van der Waals surface area (Å²) in [6, 6.07) is 8.81. The minimum Gasteiger partial charge on any atom is -0.394 e. The fourth-order valence-electron chi connectivity index (χ4n) is 1.01. The molecule has 1 aromatic rings. The van der Waals surface area contributed by atoms with Crippen molar-refractivity contribution in [2.45, 2.75) is 18.5 Å². The zero-order valence-corrected chi connectivity index (χ0v) is 10.1. The first-order valence-electron chi connectivity index (χ1n) is 5.20. The van der Waals surface area contributed by atoms with Gasteiger partial charge in [-0.2, -0.15) is 0 Å². The van der Waals surface area contributed by atoms with Gasteiger partial charge in [0.15, 0.2) is 11.4 Å². The maximum atomic E-state index is 12.2. The van der Waals surface area contributed by atoms with Crippen LogP contribution in [0.1, 0.15) is 23.2 Å². The minimum atomic E-state index is -1.42. The number of rotatable bonds is 5. The molecule has 17 heavy (non-hydrogen) atoms. The van der Waals surface area contributed by atoms with Gasteiger partial charge in [-0.05, 0) is 6.42 Å². The molecule has 0 fully saturated rings. The Balaban J connectivity index is 0.000000557. The van der Waals surface area contributed by atoms with Crippen LogP contribution in [0, 0.1) is 0 Å². The number of carbonyl (C=O) groups is 1. The molecule has 0 aliphatic carbocycles. The normalized spacial score (nSPS) is 11.3. The number of aliphatic hydroxyl groups is 2. The fraction of sp³-hybridized carbons (Fsp3) is 0.417. The number of halogens is 2. The van der Waals surface area contributed by atoms with E-state index in [1.807, 2.05) is 6.07 Å². The molecule has 0 aliphatic rings. The Kier molecular flexibility index (Phi) is 9.62. The van der Waals surface area contributed by atoms with Crippen molar-refractivity contribution < 1.29 is 19.4 Å². The molecule has 3 nitrogen and oxygen atoms in total. The molecule has 0 aromatic heterocycles. The third-order valence-corrected chi connectivity index (χ3v) is 2.00. The van der Waals surface area contributed by atoms with Gasteiger partial charge in [0.05, 0.1) is 13.2 Å². The molecular weight excluding hydrogens is 247 g/mol. The van der Waals surface area contributed by atoms with Gasteiger partial charge in [-0.25, -0.2) is 4.39 Å². The van der Waals surface area contributed by atoms with Gasteiger partial charge in [0.1, 0.15) is 0 Å². The Bertz CT molecular complexity index is 302. The Labute approximate surface area is 105 Å². The van der Waals surface area contributed by atoms with Crippen molar-refractivity contribution in [3.63, 3.8) is 0 Å². The second-order valence-corrected chi connectivity index (χ2v) is 3.64. The van der Waals surface area contributed by atoms with Gasteiger partial charge >= 0.3 is 0 Å². The lowest BCUT2D eigenvalue weighted by molar-refractivity contribution is 0.0975. The molecule has 1 rings (SSSR count). The molecule has 0 saturated heterocycles. The maximum Gasteiger partial charge on any atom is 0.173 e. The predicted molar refractivity (Wildman–Crippen MR) is 64.9 cm³/mol. The first-order chi connectivity index (χ1) is 8.11. The van der Waals surface area contributed by atoms with Crippen molar-refractivity contribution >= 4 is 17.4 Å². The SMILES string of the molecule is O=C(CCC(F)Cl)c1ccccc1.OCCO. The highest BCUT2D eigenvalue weighted by atomic mass is 35.5. The average molecular weight is 263 g/mol. The summed E-state index contributed by atoms with van der Waals surface area (Å²) in [4.78, 5) is 11.3. The summed E-state index contributed by atoms with van der Waals surface area (Å²) in [7, 11) is 0. The van der Waals surface area contributed by atoms with Gasteiger partial charge in [0.25, 0.3) is 0 Å². The van der Waals surface area contributed by atoms with E-state index in [0.29, 0.717) is 5.56 Å². The molecule has 0 heterocycles. The standard InChI is InChI=1S/C10H10ClFO.C2H6O2/c11-10(12)7-6-9(13)8-4-2-1-3-5-8;3-1-2-4/h1-5,10H,6-7H2;3-4H,1-2H2. The van der Waals surface area contributed by atoms with Crippen molar-refractivity contribution in [1.29, 1.82) is 0 Å². The van der Waals surface area contributed by atoms with Crippen LogP contribution in [0.15, 0.2) is 30.3 Å². The Morgan fingerprint density at radius 1 is 1.24 bits per heavy atom. The van der Waals surface area contributed by atoms with Crippen LogP contribution in [0.4, 0.5) is 4.39 Å². The molecule has 5 heteroatoms. The van der Waals surface area contributed by atoms with Crippen LogP contribution in [0.5, 0.6) is 0 Å². The monoisotopic (exact) mass is 262 g/mol. The highest BCUT2D eigenvalue weighted by Crippen LogP contribution is 2.10. The molecule has 1 aromatic carbocycles. The molecule has 0 aliphatic heterocycles. The van der Waals surface area contributed by atoms with Crippen LogP contribution < -0.4 is 0 Å². The van der Waals surface area contributed by atoms with Gasteiger partial charge in [0.2, 0.25) is 0 Å². The van der Waals surface area contributed by atoms with Crippen LogP contribution in [-0.4, -0.2) is 34.8 Å². The topological polar surface area (TPSA) is 57.5 Å². The summed E-state index contributed by atoms with van der Waals surface area (Å²) in [6.07, 6.45) is 0.240.